The van der Waals surface area contributed by atoms with Crippen LogP contribution in [-0.4, -0.2) is 4.98 Å². The molecule has 0 radical (unpaired) electrons. The van der Waals surface area contributed by atoms with Gasteiger partial charge in [-0.3, -0.25) is 0 Å². The van der Waals surface area contributed by atoms with E-state index in [4.69, 9.17) is 11.6 Å². The van der Waals surface area contributed by atoms with Crippen LogP contribution >= 0.6 is 11.6 Å². The summed E-state index contributed by atoms with van der Waals surface area (Å²) in [4.78, 5) is 3.39. The second kappa shape index (κ2) is 2.50. The standard InChI is InChI=1S/C6H4ClF2N/c1-3-5(9)4(8)2-10-6(3)7/h2H,1H3. The smallest absolute Gasteiger partial charge is 0.177 e. The Morgan fingerprint density at radius 3 is 2.60 bits per heavy atom. The van der Waals surface area contributed by atoms with E-state index in [-0.39, 0.29) is 10.7 Å². The van der Waals surface area contributed by atoms with Crippen molar-refractivity contribution in [3.8, 4) is 0 Å². The Morgan fingerprint density at radius 2 is 2.10 bits per heavy atom. The van der Waals surface area contributed by atoms with E-state index >= 15 is 0 Å². The molecule has 0 aliphatic carbocycles. The maximum atomic E-state index is 12.5. The molecule has 1 aromatic rings. The van der Waals surface area contributed by atoms with Crippen molar-refractivity contribution in [2.24, 2.45) is 0 Å². The van der Waals surface area contributed by atoms with Gasteiger partial charge in [-0.25, -0.2) is 13.8 Å². The lowest BCUT2D eigenvalue weighted by Crippen LogP contribution is -1.91. The van der Waals surface area contributed by atoms with E-state index in [0.717, 1.165) is 6.20 Å². The first-order chi connectivity index (χ1) is 4.63. The summed E-state index contributed by atoms with van der Waals surface area (Å²) in [6.07, 6.45) is 0.755. The van der Waals surface area contributed by atoms with E-state index in [1.807, 2.05) is 0 Å². The van der Waals surface area contributed by atoms with Crippen molar-refractivity contribution in [2.75, 3.05) is 0 Å². The van der Waals surface area contributed by atoms with Crippen molar-refractivity contribution in [3.63, 3.8) is 0 Å². The summed E-state index contributed by atoms with van der Waals surface area (Å²) in [5.41, 5.74) is 0.0432. The molecule has 54 valence electrons. The summed E-state index contributed by atoms with van der Waals surface area (Å²) in [7, 11) is 0. The predicted octanol–water partition coefficient (Wildman–Crippen LogP) is 2.32. The van der Waals surface area contributed by atoms with Crippen LogP contribution in [0.5, 0.6) is 0 Å². The number of rotatable bonds is 0. The van der Waals surface area contributed by atoms with Crippen LogP contribution in [0.3, 0.4) is 0 Å². The molecule has 0 N–H and O–H groups in total. The molecular formula is C6H4ClF2N. The average molecular weight is 164 g/mol. The molecule has 1 heterocycles. The Balaban J connectivity index is 3.34. The van der Waals surface area contributed by atoms with Crippen LogP contribution in [0, 0.1) is 18.6 Å². The van der Waals surface area contributed by atoms with Gasteiger partial charge < -0.3 is 0 Å². The molecule has 1 nitrogen and oxygen atoms in total. The van der Waals surface area contributed by atoms with Crippen molar-refractivity contribution < 1.29 is 8.78 Å². The fourth-order valence-electron chi connectivity index (χ4n) is 0.537. The Morgan fingerprint density at radius 1 is 1.50 bits per heavy atom. The Bertz CT molecular complexity index is 235. The summed E-state index contributed by atoms with van der Waals surface area (Å²) >= 11 is 5.37. The van der Waals surface area contributed by atoms with Crippen LogP contribution in [0.2, 0.25) is 5.15 Å². The number of aromatic nitrogens is 1. The molecule has 0 aromatic carbocycles. The van der Waals surface area contributed by atoms with Gasteiger partial charge >= 0.3 is 0 Å². The molecule has 0 atom stereocenters. The van der Waals surface area contributed by atoms with Crippen LogP contribution in [0.15, 0.2) is 6.20 Å². The van der Waals surface area contributed by atoms with Gasteiger partial charge in [-0.1, -0.05) is 11.6 Å². The van der Waals surface area contributed by atoms with E-state index in [2.05, 4.69) is 4.98 Å². The SMILES string of the molecule is Cc1c(Cl)ncc(F)c1F. The highest BCUT2D eigenvalue weighted by Gasteiger charge is 2.07. The summed E-state index contributed by atoms with van der Waals surface area (Å²) in [6.45, 7) is 1.37. The van der Waals surface area contributed by atoms with Crippen molar-refractivity contribution >= 4 is 11.6 Å². The topological polar surface area (TPSA) is 12.9 Å². The van der Waals surface area contributed by atoms with E-state index in [1.54, 1.807) is 0 Å². The second-order valence-corrected chi connectivity index (χ2v) is 2.19. The van der Waals surface area contributed by atoms with Gasteiger partial charge in [0.05, 0.1) is 6.20 Å². The molecule has 0 bridgehead atoms. The Hall–Kier alpha value is -0.700. The number of halogens is 3. The highest BCUT2D eigenvalue weighted by atomic mass is 35.5. The van der Waals surface area contributed by atoms with Gasteiger partial charge in [0.15, 0.2) is 11.6 Å². The van der Waals surface area contributed by atoms with E-state index < -0.39 is 11.6 Å². The fourth-order valence-corrected chi connectivity index (χ4v) is 0.668. The predicted molar refractivity (Wildman–Crippen MR) is 33.9 cm³/mol. The zero-order valence-corrected chi connectivity index (χ0v) is 5.91. The molecule has 1 rings (SSSR count). The van der Waals surface area contributed by atoms with Crippen LogP contribution in [0.4, 0.5) is 8.78 Å². The van der Waals surface area contributed by atoms with E-state index in [0.29, 0.717) is 0 Å². The molecule has 0 spiro atoms. The summed E-state index contributed by atoms with van der Waals surface area (Å²) in [5, 5.41) is -0.00102. The molecule has 0 saturated heterocycles. The van der Waals surface area contributed by atoms with Gasteiger partial charge in [0.1, 0.15) is 5.15 Å². The third-order valence-electron chi connectivity index (χ3n) is 1.14. The first-order valence-corrected chi connectivity index (χ1v) is 2.97. The molecule has 0 aliphatic rings. The van der Waals surface area contributed by atoms with Crippen LogP contribution in [0.25, 0.3) is 0 Å². The molecule has 0 unspecified atom stereocenters. The third-order valence-corrected chi connectivity index (χ3v) is 1.52. The van der Waals surface area contributed by atoms with E-state index in [1.165, 1.54) is 6.92 Å². The van der Waals surface area contributed by atoms with Crippen molar-refractivity contribution in [2.45, 2.75) is 6.92 Å². The Kier molecular flexibility index (Phi) is 1.85. The van der Waals surface area contributed by atoms with Crippen LogP contribution in [0.1, 0.15) is 5.56 Å². The minimum absolute atomic E-state index is 0.00102. The minimum Gasteiger partial charge on any atom is -0.241 e. The lowest BCUT2D eigenvalue weighted by atomic mass is 10.3. The molecule has 10 heavy (non-hydrogen) atoms. The zero-order chi connectivity index (χ0) is 7.72. The summed E-state index contributed by atoms with van der Waals surface area (Å²) in [5.74, 6) is -1.90. The third kappa shape index (κ3) is 1.09. The van der Waals surface area contributed by atoms with Crippen molar-refractivity contribution in [1.29, 1.82) is 0 Å². The van der Waals surface area contributed by atoms with Gasteiger partial charge in [-0.15, -0.1) is 0 Å². The van der Waals surface area contributed by atoms with E-state index in [9.17, 15) is 8.78 Å². The minimum atomic E-state index is -0.970. The maximum Gasteiger partial charge on any atom is 0.177 e. The second-order valence-electron chi connectivity index (χ2n) is 1.84. The fraction of sp³-hybridized carbons (Fsp3) is 0.167. The average Bonchev–Trinajstić information content (AvgIpc) is 1.93. The first-order valence-electron chi connectivity index (χ1n) is 2.59. The molecule has 4 heteroatoms. The molecular weight excluding hydrogens is 160 g/mol. The van der Waals surface area contributed by atoms with Crippen molar-refractivity contribution in [1.82, 2.24) is 4.98 Å². The van der Waals surface area contributed by atoms with Gasteiger partial charge in [-0.05, 0) is 6.92 Å². The van der Waals surface area contributed by atoms with Crippen LogP contribution < -0.4 is 0 Å². The highest BCUT2D eigenvalue weighted by Crippen LogP contribution is 2.16. The number of hydrogen-bond acceptors (Lipinski definition) is 1. The summed E-state index contributed by atoms with van der Waals surface area (Å²) < 4.78 is 24.8. The molecule has 0 aliphatic heterocycles. The lowest BCUT2D eigenvalue weighted by Gasteiger charge is -1.97. The monoisotopic (exact) mass is 163 g/mol. The number of hydrogen-bond donors (Lipinski definition) is 0. The normalized spacial score (nSPS) is 10.0. The highest BCUT2D eigenvalue weighted by molar-refractivity contribution is 6.30. The zero-order valence-electron chi connectivity index (χ0n) is 5.16. The molecule has 0 saturated carbocycles. The van der Waals surface area contributed by atoms with Gasteiger partial charge in [0.2, 0.25) is 0 Å². The van der Waals surface area contributed by atoms with Crippen molar-refractivity contribution in [3.05, 3.63) is 28.5 Å². The van der Waals surface area contributed by atoms with Crippen LogP contribution in [-0.2, 0) is 0 Å². The van der Waals surface area contributed by atoms with Gasteiger partial charge in [0.25, 0.3) is 0 Å². The van der Waals surface area contributed by atoms with Gasteiger partial charge in [-0.2, -0.15) is 0 Å². The largest absolute Gasteiger partial charge is 0.241 e. The molecule has 1 aromatic heterocycles. The maximum absolute atomic E-state index is 12.5. The number of nitrogens with zero attached hydrogens (tertiary/aromatic N) is 1. The summed E-state index contributed by atoms with van der Waals surface area (Å²) in [6, 6.07) is 0. The molecule has 0 amide bonds. The van der Waals surface area contributed by atoms with Gasteiger partial charge in [0, 0.05) is 5.56 Å². The first kappa shape index (κ1) is 7.41. The Labute approximate surface area is 61.7 Å². The lowest BCUT2D eigenvalue weighted by molar-refractivity contribution is 0.498. The number of pyridine rings is 1. The quantitative estimate of drug-likeness (QED) is 0.535. The molecule has 0 fully saturated rings.